The van der Waals surface area contributed by atoms with Gasteiger partial charge in [-0.05, 0) is 31.4 Å². The maximum atomic E-state index is 4.33. The van der Waals surface area contributed by atoms with E-state index in [0.717, 1.165) is 19.5 Å². The van der Waals surface area contributed by atoms with E-state index in [9.17, 15) is 0 Å². The molecule has 3 heteroatoms. The van der Waals surface area contributed by atoms with Crippen molar-refractivity contribution in [1.82, 2.24) is 4.98 Å². The second kappa shape index (κ2) is 4.97. The summed E-state index contributed by atoms with van der Waals surface area (Å²) in [7, 11) is 0. The van der Waals surface area contributed by atoms with Crippen LogP contribution in [0.4, 0.5) is 5.69 Å². The van der Waals surface area contributed by atoms with E-state index in [0.29, 0.717) is 4.83 Å². The molecule has 0 saturated carbocycles. The summed E-state index contributed by atoms with van der Waals surface area (Å²) in [6.45, 7) is 4.46. The molecule has 82 valence electrons. The molecule has 0 aliphatic carbocycles. The standard InChI is InChI=1S/C12H17BrN2/c1-2-11-9-12(3-6-14-11)15-7-4-10(13)5-8-15/h3,6,9-10H,2,4-5,7-8H2,1H3. The van der Waals surface area contributed by atoms with Gasteiger partial charge in [0, 0.05) is 35.5 Å². The lowest BCUT2D eigenvalue weighted by Gasteiger charge is -2.31. The lowest BCUT2D eigenvalue weighted by Crippen LogP contribution is -2.33. The van der Waals surface area contributed by atoms with Crippen LogP contribution in [0.25, 0.3) is 0 Å². The largest absolute Gasteiger partial charge is 0.371 e. The molecule has 0 N–H and O–H groups in total. The highest BCUT2D eigenvalue weighted by Crippen LogP contribution is 2.23. The van der Waals surface area contributed by atoms with Crippen molar-refractivity contribution in [2.24, 2.45) is 0 Å². The minimum atomic E-state index is 0.709. The average Bonchev–Trinajstić information content (AvgIpc) is 2.30. The monoisotopic (exact) mass is 268 g/mol. The predicted molar refractivity (Wildman–Crippen MR) is 67.8 cm³/mol. The zero-order valence-electron chi connectivity index (χ0n) is 9.12. The number of nitrogens with zero attached hydrogens (tertiary/aromatic N) is 2. The Morgan fingerprint density at radius 2 is 2.20 bits per heavy atom. The van der Waals surface area contributed by atoms with E-state index in [1.54, 1.807) is 0 Å². The molecule has 2 rings (SSSR count). The Morgan fingerprint density at radius 3 is 2.87 bits per heavy atom. The molecule has 0 unspecified atom stereocenters. The van der Waals surface area contributed by atoms with Crippen LogP contribution in [0, 0.1) is 0 Å². The molecule has 1 aromatic rings. The summed E-state index contributed by atoms with van der Waals surface area (Å²) in [5, 5.41) is 0. The Morgan fingerprint density at radius 1 is 1.47 bits per heavy atom. The molecule has 1 aromatic heterocycles. The highest BCUT2D eigenvalue weighted by atomic mass is 79.9. The number of piperidine rings is 1. The van der Waals surface area contributed by atoms with E-state index < -0.39 is 0 Å². The number of hydrogen-bond acceptors (Lipinski definition) is 2. The van der Waals surface area contributed by atoms with Gasteiger partial charge in [0.25, 0.3) is 0 Å². The molecule has 1 aliphatic heterocycles. The van der Waals surface area contributed by atoms with Gasteiger partial charge >= 0.3 is 0 Å². The van der Waals surface area contributed by atoms with E-state index in [1.165, 1.54) is 24.2 Å². The average molecular weight is 269 g/mol. The van der Waals surface area contributed by atoms with E-state index in [1.807, 2.05) is 6.20 Å². The van der Waals surface area contributed by atoms with Crippen LogP contribution in [0.5, 0.6) is 0 Å². The molecule has 0 spiro atoms. The Labute approximate surface area is 99.8 Å². The first-order valence-corrected chi connectivity index (χ1v) is 6.55. The van der Waals surface area contributed by atoms with E-state index >= 15 is 0 Å². The zero-order chi connectivity index (χ0) is 10.7. The maximum absolute atomic E-state index is 4.33. The van der Waals surface area contributed by atoms with E-state index in [-0.39, 0.29) is 0 Å². The fraction of sp³-hybridized carbons (Fsp3) is 0.583. The number of halogens is 1. The maximum Gasteiger partial charge on any atom is 0.0421 e. The Balaban J connectivity index is 2.08. The molecule has 0 bridgehead atoms. The SMILES string of the molecule is CCc1cc(N2CCC(Br)CC2)ccn1. The third kappa shape index (κ3) is 2.71. The number of rotatable bonds is 2. The van der Waals surface area contributed by atoms with Gasteiger partial charge in [-0.3, -0.25) is 4.98 Å². The van der Waals surface area contributed by atoms with Crippen LogP contribution in [0.2, 0.25) is 0 Å². The summed E-state index contributed by atoms with van der Waals surface area (Å²) < 4.78 is 0. The summed E-state index contributed by atoms with van der Waals surface area (Å²) in [4.78, 5) is 7.50. The second-order valence-electron chi connectivity index (χ2n) is 4.02. The molecule has 1 saturated heterocycles. The van der Waals surface area contributed by atoms with Gasteiger partial charge in [-0.1, -0.05) is 22.9 Å². The summed E-state index contributed by atoms with van der Waals surface area (Å²) in [6, 6.07) is 4.34. The first kappa shape index (κ1) is 10.9. The molecule has 0 radical (unpaired) electrons. The topological polar surface area (TPSA) is 16.1 Å². The van der Waals surface area contributed by atoms with Gasteiger partial charge in [-0.15, -0.1) is 0 Å². The summed E-state index contributed by atoms with van der Waals surface area (Å²) in [6.07, 6.45) is 5.42. The van der Waals surface area contributed by atoms with Gasteiger partial charge in [0.2, 0.25) is 0 Å². The fourth-order valence-corrected chi connectivity index (χ4v) is 2.37. The first-order chi connectivity index (χ1) is 7.29. The number of aromatic nitrogens is 1. The van der Waals surface area contributed by atoms with Crippen LogP contribution < -0.4 is 4.90 Å². The molecule has 0 atom stereocenters. The van der Waals surface area contributed by atoms with Gasteiger partial charge in [0.05, 0.1) is 0 Å². The summed E-state index contributed by atoms with van der Waals surface area (Å²) in [5.74, 6) is 0. The number of anilines is 1. The highest BCUT2D eigenvalue weighted by molar-refractivity contribution is 9.09. The number of alkyl halides is 1. The van der Waals surface area contributed by atoms with Gasteiger partial charge in [-0.2, -0.15) is 0 Å². The van der Waals surface area contributed by atoms with Crippen molar-refractivity contribution in [2.75, 3.05) is 18.0 Å². The van der Waals surface area contributed by atoms with Gasteiger partial charge in [-0.25, -0.2) is 0 Å². The zero-order valence-corrected chi connectivity index (χ0v) is 10.7. The third-order valence-electron chi connectivity index (χ3n) is 2.95. The lowest BCUT2D eigenvalue weighted by molar-refractivity contribution is 0.597. The number of pyridine rings is 1. The Hall–Kier alpha value is -0.570. The van der Waals surface area contributed by atoms with Crippen LogP contribution in [0.3, 0.4) is 0 Å². The molecule has 2 nitrogen and oxygen atoms in total. The highest BCUT2D eigenvalue weighted by Gasteiger charge is 2.17. The van der Waals surface area contributed by atoms with E-state index in [4.69, 9.17) is 0 Å². The first-order valence-electron chi connectivity index (χ1n) is 5.63. The van der Waals surface area contributed by atoms with Crippen LogP contribution >= 0.6 is 15.9 Å². The molecule has 15 heavy (non-hydrogen) atoms. The molecular weight excluding hydrogens is 252 g/mol. The molecule has 1 fully saturated rings. The van der Waals surface area contributed by atoms with Gasteiger partial charge in [0.15, 0.2) is 0 Å². The molecule has 1 aliphatic rings. The second-order valence-corrected chi connectivity index (χ2v) is 5.32. The van der Waals surface area contributed by atoms with Crippen molar-refractivity contribution in [3.8, 4) is 0 Å². The molecule has 0 amide bonds. The van der Waals surface area contributed by atoms with Gasteiger partial charge in [0.1, 0.15) is 0 Å². The Kier molecular flexibility index (Phi) is 3.62. The van der Waals surface area contributed by atoms with Crippen molar-refractivity contribution >= 4 is 21.6 Å². The van der Waals surface area contributed by atoms with Crippen molar-refractivity contribution in [1.29, 1.82) is 0 Å². The van der Waals surface area contributed by atoms with Crippen LogP contribution in [-0.2, 0) is 6.42 Å². The normalized spacial score (nSPS) is 18.1. The van der Waals surface area contributed by atoms with Crippen molar-refractivity contribution in [3.05, 3.63) is 24.0 Å². The molecule has 0 aromatic carbocycles. The number of aryl methyl sites for hydroxylation is 1. The quantitative estimate of drug-likeness (QED) is 0.767. The Bertz CT molecular complexity index is 319. The fourth-order valence-electron chi connectivity index (χ4n) is 1.96. The van der Waals surface area contributed by atoms with E-state index in [2.05, 4.69) is 44.9 Å². The van der Waals surface area contributed by atoms with Crippen molar-refractivity contribution in [2.45, 2.75) is 31.0 Å². The van der Waals surface area contributed by atoms with Crippen LogP contribution in [0.15, 0.2) is 18.3 Å². The summed E-state index contributed by atoms with van der Waals surface area (Å²) >= 11 is 3.68. The third-order valence-corrected chi connectivity index (χ3v) is 3.87. The minimum absolute atomic E-state index is 0.709. The number of hydrogen-bond donors (Lipinski definition) is 0. The van der Waals surface area contributed by atoms with Crippen molar-refractivity contribution in [3.63, 3.8) is 0 Å². The minimum Gasteiger partial charge on any atom is -0.371 e. The lowest BCUT2D eigenvalue weighted by atomic mass is 10.1. The van der Waals surface area contributed by atoms with Crippen molar-refractivity contribution < 1.29 is 0 Å². The van der Waals surface area contributed by atoms with Gasteiger partial charge < -0.3 is 4.90 Å². The van der Waals surface area contributed by atoms with Crippen LogP contribution in [0.1, 0.15) is 25.5 Å². The van der Waals surface area contributed by atoms with Crippen LogP contribution in [-0.4, -0.2) is 22.9 Å². The smallest absolute Gasteiger partial charge is 0.0421 e. The predicted octanol–water partition coefficient (Wildman–Crippen LogP) is 3.01. The summed E-state index contributed by atoms with van der Waals surface area (Å²) in [5.41, 5.74) is 2.52. The molecular formula is C12H17BrN2. The molecule has 2 heterocycles.